The van der Waals surface area contributed by atoms with Crippen LogP contribution in [0.5, 0.6) is 5.75 Å². The van der Waals surface area contributed by atoms with E-state index in [1.807, 2.05) is 0 Å². The summed E-state index contributed by atoms with van der Waals surface area (Å²) >= 11 is 0. The molecule has 0 bridgehead atoms. The molecule has 3 aromatic rings. The topological polar surface area (TPSA) is 113 Å². The van der Waals surface area contributed by atoms with Crippen LogP contribution in [0.1, 0.15) is 63.5 Å². The maximum atomic E-state index is 13.4. The van der Waals surface area contributed by atoms with Crippen molar-refractivity contribution in [2.75, 3.05) is 13.2 Å². The molecule has 0 aliphatic carbocycles. The monoisotopic (exact) mass is 552 g/mol. The summed E-state index contributed by atoms with van der Waals surface area (Å²) in [6, 6.07) is 12.9. The number of ether oxygens (including phenoxy) is 1. The van der Waals surface area contributed by atoms with Crippen LogP contribution in [0.15, 0.2) is 59.5 Å². The highest BCUT2D eigenvalue weighted by atomic mass is 32.2. The summed E-state index contributed by atoms with van der Waals surface area (Å²) in [4.78, 5) is -0.147. The Kier molecular flexibility index (Phi) is 10.7. The summed E-state index contributed by atoms with van der Waals surface area (Å²) in [6.07, 6.45) is 5.84. The summed E-state index contributed by atoms with van der Waals surface area (Å²) in [6.45, 7) is 1.34. The highest BCUT2D eigenvalue weighted by molar-refractivity contribution is 7.89. The Morgan fingerprint density at radius 2 is 1.37 bits per heavy atom. The summed E-state index contributed by atoms with van der Waals surface area (Å²) in [7, 11) is -3.93. The van der Waals surface area contributed by atoms with Crippen LogP contribution in [0.25, 0.3) is 16.9 Å². The molecule has 1 heterocycles. The molecule has 0 amide bonds. The lowest BCUT2D eigenvalue weighted by Crippen LogP contribution is -2.12. The zero-order chi connectivity index (χ0) is 27.6. The number of sulfonamides is 1. The number of hydrogen-bond acceptors (Lipinski definition) is 5. The average molecular weight is 553 g/mol. The fourth-order valence-corrected chi connectivity index (χ4v) is 4.61. The van der Waals surface area contributed by atoms with Gasteiger partial charge in [0.15, 0.2) is 5.69 Å². The van der Waals surface area contributed by atoms with Gasteiger partial charge in [-0.2, -0.15) is 18.3 Å². The quantitative estimate of drug-likeness (QED) is 0.223. The minimum atomic E-state index is -4.64. The number of nitrogens with zero attached hydrogens (tertiary/aromatic N) is 2. The van der Waals surface area contributed by atoms with Crippen LogP contribution in [-0.2, 0) is 16.2 Å². The summed E-state index contributed by atoms with van der Waals surface area (Å²) in [5.41, 5.74) is 5.41. The molecule has 0 aliphatic rings. The molecular formula is C27H35F3N4O3S. The molecule has 1 aromatic heterocycles. The second-order valence-corrected chi connectivity index (χ2v) is 10.8. The molecule has 11 heteroatoms. The van der Waals surface area contributed by atoms with Gasteiger partial charge in [-0.3, -0.25) is 0 Å². The van der Waals surface area contributed by atoms with Crippen molar-refractivity contribution in [3.05, 3.63) is 60.3 Å². The number of rotatable bonds is 15. The van der Waals surface area contributed by atoms with Crippen LogP contribution < -0.4 is 15.6 Å². The van der Waals surface area contributed by atoms with Gasteiger partial charge in [-0.1, -0.05) is 44.9 Å². The molecule has 0 fully saturated rings. The van der Waals surface area contributed by atoms with Crippen LogP contribution in [0.2, 0.25) is 0 Å². The molecule has 0 atom stereocenters. The normalized spacial score (nSPS) is 12.1. The van der Waals surface area contributed by atoms with Gasteiger partial charge in [0.2, 0.25) is 10.0 Å². The molecule has 38 heavy (non-hydrogen) atoms. The Morgan fingerprint density at radius 1 is 0.816 bits per heavy atom. The first kappa shape index (κ1) is 29.7. The predicted molar refractivity (Wildman–Crippen MR) is 141 cm³/mol. The summed E-state index contributed by atoms with van der Waals surface area (Å²) in [5, 5.41) is 8.84. The minimum absolute atomic E-state index is 0.147. The number of benzene rings is 2. The van der Waals surface area contributed by atoms with Gasteiger partial charge in [0, 0.05) is 5.56 Å². The van der Waals surface area contributed by atoms with Crippen molar-refractivity contribution in [3.63, 3.8) is 0 Å². The van der Waals surface area contributed by atoms with Crippen molar-refractivity contribution in [3.8, 4) is 22.7 Å². The standard InChI is InChI=1S/C27H35F3N4O3S/c28-27(29,30)26-20-25(34(33-26)22-12-16-24(17-13-22)38(32,35)36)21-10-14-23(15-11-21)37-19-9-7-5-3-1-2-4-6-8-18-31/h10-17,20H,1-9,18-19,31H2,(H2,32,35,36). The van der Waals surface area contributed by atoms with E-state index in [1.165, 1.54) is 62.8 Å². The second-order valence-electron chi connectivity index (χ2n) is 9.21. The maximum Gasteiger partial charge on any atom is 0.435 e. The number of hydrogen-bond donors (Lipinski definition) is 2. The highest BCUT2D eigenvalue weighted by Crippen LogP contribution is 2.34. The van der Waals surface area contributed by atoms with E-state index in [-0.39, 0.29) is 16.3 Å². The van der Waals surface area contributed by atoms with Crippen LogP contribution in [0.4, 0.5) is 13.2 Å². The highest BCUT2D eigenvalue weighted by Gasteiger charge is 2.35. The van der Waals surface area contributed by atoms with Crippen LogP contribution >= 0.6 is 0 Å². The van der Waals surface area contributed by atoms with Crippen LogP contribution in [-0.4, -0.2) is 31.3 Å². The lowest BCUT2D eigenvalue weighted by Gasteiger charge is -2.10. The number of halogens is 3. The van der Waals surface area contributed by atoms with E-state index in [0.29, 0.717) is 17.9 Å². The maximum absolute atomic E-state index is 13.4. The summed E-state index contributed by atoms with van der Waals surface area (Å²) in [5.74, 6) is 0.633. The van der Waals surface area contributed by atoms with Gasteiger partial charge in [0.25, 0.3) is 0 Å². The van der Waals surface area contributed by atoms with Gasteiger partial charge in [-0.15, -0.1) is 0 Å². The van der Waals surface area contributed by atoms with E-state index in [1.54, 1.807) is 24.3 Å². The van der Waals surface area contributed by atoms with Crippen molar-refractivity contribution >= 4 is 10.0 Å². The largest absolute Gasteiger partial charge is 0.494 e. The Balaban J connectivity index is 1.59. The van der Waals surface area contributed by atoms with Gasteiger partial charge in [0.1, 0.15) is 5.75 Å². The predicted octanol–water partition coefficient (Wildman–Crippen LogP) is 6.05. The number of alkyl halides is 3. The molecule has 208 valence electrons. The number of unbranched alkanes of at least 4 members (excludes halogenated alkanes) is 8. The van der Waals surface area contributed by atoms with Crippen molar-refractivity contribution < 1.29 is 26.3 Å². The van der Waals surface area contributed by atoms with E-state index >= 15 is 0 Å². The van der Waals surface area contributed by atoms with E-state index < -0.39 is 21.9 Å². The molecule has 0 aliphatic heterocycles. The Labute approximate surface area is 222 Å². The van der Waals surface area contributed by atoms with Crippen molar-refractivity contribution in [1.82, 2.24) is 9.78 Å². The van der Waals surface area contributed by atoms with Gasteiger partial charge in [-0.05, 0) is 74.0 Å². The molecule has 7 nitrogen and oxygen atoms in total. The first-order valence-corrected chi connectivity index (χ1v) is 14.4. The molecule has 0 saturated carbocycles. The Bertz CT molecular complexity index is 1240. The van der Waals surface area contributed by atoms with Crippen molar-refractivity contribution in [2.24, 2.45) is 10.9 Å². The Morgan fingerprint density at radius 3 is 1.89 bits per heavy atom. The molecular weight excluding hydrogens is 517 g/mol. The summed E-state index contributed by atoms with van der Waals surface area (Å²) < 4.78 is 70.3. The third-order valence-electron chi connectivity index (χ3n) is 6.18. The van der Waals surface area contributed by atoms with Crippen LogP contribution in [0.3, 0.4) is 0 Å². The molecule has 2 aromatic carbocycles. The lowest BCUT2D eigenvalue weighted by molar-refractivity contribution is -0.141. The zero-order valence-electron chi connectivity index (χ0n) is 21.3. The fourth-order valence-electron chi connectivity index (χ4n) is 4.09. The smallest absolute Gasteiger partial charge is 0.435 e. The van der Waals surface area contributed by atoms with Gasteiger partial charge in [-0.25, -0.2) is 18.2 Å². The van der Waals surface area contributed by atoms with Crippen LogP contribution in [0, 0.1) is 0 Å². The Hall–Kier alpha value is -2.89. The molecule has 0 spiro atoms. The molecule has 0 radical (unpaired) electrons. The van der Waals surface area contributed by atoms with E-state index in [9.17, 15) is 21.6 Å². The first-order valence-electron chi connectivity index (χ1n) is 12.8. The number of nitrogens with two attached hydrogens (primary N) is 2. The van der Waals surface area contributed by atoms with Crippen molar-refractivity contribution in [2.45, 2.75) is 68.9 Å². The lowest BCUT2D eigenvalue weighted by atomic mass is 10.1. The second kappa shape index (κ2) is 13.8. The third-order valence-corrected chi connectivity index (χ3v) is 7.11. The van der Waals surface area contributed by atoms with E-state index in [4.69, 9.17) is 15.6 Å². The van der Waals surface area contributed by atoms with E-state index in [2.05, 4.69) is 5.10 Å². The van der Waals surface area contributed by atoms with Gasteiger partial charge < -0.3 is 10.5 Å². The van der Waals surface area contributed by atoms with Crippen molar-refractivity contribution in [1.29, 1.82) is 0 Å². The molecule has 4 N–H and O–H groups in total. The zero-order valence-corrected chi connectivity index (χ0v) is 22.1. The van der Waals surface area contributed by atoms with Gasteiger partial charge >= 0.3 is 6.18 Å². The van der Waals surface area contributed by atoms with Gasteiger partial charge in [0.05, 0.1) is 22.9 Å². The molecule has 0 unspecified atom stereocenters. The minimum Gasteiger partial charge on any atom is -0.494 e. The number of primary sulfonamides is 1. The third kappa shape index (κ3) is 8.85. The average Bonchev–Trinajstić information content (AvgIpc) is 3.33. The number of aromatic nitrogens is 2. The first-order chi connectivity index (χ1) is 18.1. The fraction of sp³-hybridized carbons (Fsp3) is 0.444. The molecule has 0 saturated heterocycles. The SMILES string of the molecule is NCCCCCCCCCCCOc1ccc(-c2cc(C(F)(F)F)nn2-c2ccc(S(N)(=O)=O)cc2)cc1. The molecule has 3 rings (SSSR count). The van der Waals surface area contributed by atoms with E-state index in [0.717, 1.165) is 36.6 Å².